The molecule has 12 rings (SSSR count). The van der Waals surface area contributed by atoms with E-state index in [0.29, 0.717) is 0 Å². The van der Waals surface area contributed by atoms with Gasteiger partial charge in [0.25, 0.3) is 0 Å². The lowest BCUT2D eigenvalue weighted by atomic mass is 9.70. The molecule has 1 heteroatoms. The minimum atomic E-state index is -0.421. The van der Waals surface area contributed by atoms with Crippen LogP contribution in [0, 0.1) is 0 Å². The first-order valence-corrected chi connectivity index (χ1v) is 20.0. The Labute approximate surface area is 329 Å². The maximum Gasteiger partial charge on any atom is 0.0726 e. The van der Waals surface area contributed by atoms with Gasteiger partial charge in [-0.3, -0.25) is 0 Å². The van der Waals surface area contributed by atoms with Crippen LogP contribution in [0.25, 0.3) is 44.5 Å². The van der Waals surface area contributed by atoms with Crippen molar-refractivity contribution in [2.45, 2.75) is 43.9 Å². The van der Waals surface area contributed by atoms with Gasteiger partial charge in [-0.25, -0.2) is 0 Å². The summed E-state index contributed by atoms with van der Waals surface area (Å²) >= 11 is 0. The summed E-state index contributed by atoms with van der Waals surface area (Å²) in [5.41, 5.74) is 24.5. The number of anilines is 3. The topological polar surface area (TPSA) is 3.24 Å². The van der Waals surface area contributed by atoms with E-state index in [2.05, 4.69) is 209 Å². The Hall–Kier alpha value is -6.44. The maximum atomic E-state index is 2.57. The van der Waals surface area contributed by atoms with Crippen molar-refractivity contribution in [1.29, 1.82) is 0 Å². The highest BCUT2D eigenvalue weighted by Crippen LogP contribution is 2.64. The van der Waals surface area contributed by atoms with Crippen molar-refractivity contribution in [2.75, 3.05) is 4.90 Å². The van der Waals surface area contributed by atoms with Gasteiger partial charge in [0.05, 0.1) is 11.1 Å². The Morgan fingerprint density at radius 2 is 0.714 bits per heavy atom. The SMILES string of the molecule is CC1(C)c2ccccc2-c2cc(N(c3ccc4c(c3)C3(c5ccccc5-c5ccccc53)c3ccccc3-4)c3cccc4c3C(C)(C)c3ccccc3-4)ccc21. The lowest BCUT2D eigenvalue weighted by Crippen LogP contribution is -2.26. The predicted molar refractivity (Wildman–Crippen MR) is 233 cm³/mol. The molecule has 0 saturated heterocycles. The zero-order chi connectivity index (χ0) is 37.6. The summed E-state index contributed by atoms with van der Waals surface area (Å²) in [7, 11) is 0. The van der Waals surface area contributed by atoms with Gasteiger partial charge in [-0.1, -0.05) is 173 Å². The average molecular weight is 716 g/mol. The lowest BCUT2D eigenvalue weighted by Gasteiger charge is -2.34. The molecule has 4 aliphatic rings. The van der Waals surface area contributed by atoms with Gasteiger partial charge in [0, 0.05) is 22.2 Å². The monoisotopic (exact) mass is 715 g/mol. The number of hydrogen-bond donors (Lipinski definition) is 0. The molecule has 0 unspecified atom stereocenters. The highest BCUT2D eigenvalue weighted by atomic mass is 15.1. The zero-order valence-electron chi connectivity index (χ0n) is 32.2. The third-order valence-corrected chi connectivity index (χ3v) is 13.9. The standard InChI is InChI=1S/C55H41N/c1-53(2)44-22-10-6-20-40(44)43-32-34(29-31-46(43)53)56(51-27-15-21-42-39-19-5-11-23-45(39)54(3,4)52(42)51)35-28-30-41-38-18-9-14-26-49(38)55(50(41)33-35)47-24-12-7-16-36(47)37-17-8-13-25-48(37)55/h5-33H,1-4H3. The number of nitrogens with zero attached hydrogens (tertiary/aromatic N) is 1. The first kappa shape index (κ1) is 31.9. The minimum absolute atomic E-state index is 0.0676. The molecule has 0 radical (unpaired) electrons. The van der Waals surface area contributed by atoms with Crippen LogP contribution < -0.4 is 4.90 Å². The highest BCUT2D eigenvalue weighted by molar-refractivity contribution is 5.98. The van der Waals surface area contributed by atoms with E-state index < -0.39 is 5.41 Å². The van der Waals surface area contributed by atoms with Crippen LogP contribution in [0.2, 0.25) is 0 Å². The molecule has 56 heavy (non-hydrogen) atoms. The Morgan fingerprint density at radius 3 is 1.30 bits per heavy atom. The lowest BCUT2D eigenvalue weighted by molar-refractivity contribution is 0.660. The zero-order valence-corrected chi connectivity index (χ0v) is 32.2. The van der Waals surface area contributed by atoms with Crippen LogP contribution in [-0.2, 0) is 16.2 Å². The van der Waals surface area contributed by atoms with Crippen molar-refractivity contribution in [1.82, 2.24) is 0 Å². The molecule has 0 aromatic heterocycles. The van der Waals surface area contributed by atoms with E-state index in [0.717, 1.165) is 0 Å². The summed E-state index contributed by atoms with van der Waals surface area (Å²) in [6, 6.07) is 66.8. The highest BCUT2D eigenvalue weighted by Gasteiger charge is 2.52. The second-order valence-corrected chi connectivity index (χ2v) is 17.2. The molecule has 8 aromatic rings. The molecule has 0 heterocycles. The van der Waals surface area contributed by atoms with Gasteiger partial charge in [-0.2, -0.15) is 0 Å². The van der Waals surface area contributed by atoms with Gasteiger partial charge in [0.2, 0.25) is 0 Å². The van der Waals surface area contributed by atoms with Gasteiger partial charge in [-0.15, -0.1) is 0 Å². The number of fused-ring (bicyclic) bond motifs is 16. The van der Waals surface area contributed by atoms with E-state index >= 15 is 0 Å². The molecular formula is C55H41N. The van der Waals surface area contributed by atoms with E-state index in [-0.39, 0.29) is 10.8 Å². The van der Waals surface area contributed by atoms with Gasteiger partial charge < -0.3 is 4.90 Å². The number of benzene rings is 8. The summed E-state index contributed by atoms with van der Waals surface area (Å²) in [6.07, 6.45) is 0. The molecule has 0 saturated carbocycles. The molecule has 4 aliphatic carbocycles. The van der Waals surface area contributed by atoms with E-state index in [1.165, 1.54) is 106 Å². The maximum absolute atomic E-state index is 2.57. The largest absolute Gasteiger partial charge is 0.310 e. The van der Waals surface area contributed by atoms with E-state index in [4.69, 9.17) is 0 Å². The Bertz CT molecular complexity index is 2930. The van der Waals surface area contributed by atoms with Gasteiger partial charge in [0.1, 0.15) is 0 Å². The Kier molecular flexibility index (Phi) is 6.18. The van der Waals surface area contributed by atoms with E-state index in [1.807, 2.05) is 0 Å². The smallest absolute Gasteiger partial charge is 0.0726 e. The first-order valence-electron chi connectivity index (χ1n) is 20.0. The minimum Gasteiger partial charge on any atom is -0.310 e. The quantitative estimate of drug-likeness (QED) is 0.176. The van der Waals surface area contributed by atoms with Crippen LogP contribution >= 0.6 is 0 Å². The number of rotatable bonds is 3. The third kappa shape index (κ3) is 3.81. The summed E-state index contributed by atoms with van der Waals surface area (Å²) in [4.78, 5) is 2.57. The van der Waals surface area contributed by atoms with Crippen molar-refractivity contribution >= 4 is 17.1 Å². The summed E-state index contributed by atoms with van der Waals surface area (Å²) in [5, 5.41) is 0. The van der Waals surface area contributed by atoms with Crippen LogP contribution in [0.15, 0.2) is 176 Å². The van der Waals surface area contributed by atoms with Crippen molar-refractivity contribution < 1.29 is 0 Å². The summed E-state index contributed by atoms with van der Waals surface area (Å²) < 4.78 is 0. The van der Waals surface area contributed by atoms with Crippen LogP contribution in [0.5, 0.6) is 0 Å². The van der Waals surface area contributed by atoms with Crippen molar-refractivity contribution in [3.63, 3.8) is 0 Å². The number of hydrogen-bond acceptors (Lipinski definition) is 1. The Balaban J connectivity index is 1.16. The average Bonchev–Trinajstić information content (AvgIpc) is 3.86. The fourth-order valence-electron chi connectivity index (χ4n) is 11.5. The molecule has 0 N–H and O–H groups in total. The molecule has 1 spiro atoms. The fraction of sp³-hybridized carbons (Fsp3) is 0.127. The van der Waals surface area contributed by atoms with Crippen molar-refractivity contribution in [3.8, 4) is 44.5 Å². The molecule has 0 amide bonds. The summed E-state index contributed by atoms with van der Waals surface area (Å²) in [6.45, 7) is 9.55. The second kappa shape index (κ2) is 10.9. The molecule has 1 nitrogen and oxygen atoms in total. The molecule has 0 atom stereocenters. The molecule has 266 valence electrons. The summed E-state index contributed by atoms with van der Waals surface area (Å²) in [5.74, 6) is 0. The van der Waals surface area contributed by atoms with Gasteiger partial charge in [-0.05, 0) is 119 Å². The molecule has 0 fully saturated rings. The van der Waals surface area contributed by atoms with Gasteiger partial charge >= 0.3 is 0 Å². The van der Waals surface area contributed by atoms with Crippen LogP contribution in [-0.4, -0.2) is 0 Å². The molecular weight excluding hydrogens is 675 g/mol. The molecule has 0 bridgehead atoms. The molecule has 0 aliphatic heterocycles. The van der Waals surface area contributed by atoms with E-state index in [9.17, 15) is 0 Å². The van der Waals surface area contributed by atoms with Crippen molar-refractivity contribution in [2.24, 2.45) is 0 Å². The fourth-order valence-corrected chi connectivity index (χ4v) is 11.5. The first-order chi connectivity index (χ1) is 27.3. The Morgan fingerprint density at radius 1 is 0.304 bits per heavy atom. The van der Waals surface area contributed by atoms with E-state index in [1.54, 1.807) is 0 Å². The van der Waals surface area contributed by atoms with Crippen LogP contribution in [0.1, 0.15) is 72.2 Å². The second-order valence-electron chi connectivity index (χ2n) is 17.2. The molecule has 8 aromatic carbocycles. The van der Waals surface area contributed by atoms with Crippen molar-refractivity contribution in [3.05, 3.63) is 220 Å². The normalized spacial score (nSPS) is 15.9. The third-order valence-electron chi connectivity index (χ3n) is 13.9. The van der Waals surface area contributed by atoms with Crippen LogP contribution in [0.3, 0.4) is 0 Å². The van der Waals surface area contributed by atoms with Crippen LogP contribution in [0.4, 0.5) is 17.1 Å². The predicted octanol–water partition coefficient (Wildman–Crippen LogP) is 14.1. The van der Waals surface area contributed by atoms with Gasteiger partial charge in [0.15, 0.2) is 0 Å².